The molecule has 2 aromatic rings. The first-order valence-corrected chi connectivity index (χ1v) is 10.6. The second-order valence-electron chi connectivity index (χ2n) is 7.48. The molecule has 2 aromatic carbocycles. The SMILES string of the molecule is CC1(C)C(C=C(Br)Br)C1C(=O)OC(C#N)c1cccc(Oc2ccc(F)cc2F)c1. The Morgan fingerprint density at radius 2 is 1.97 bits per heavy atom. The van der Waals surface area contributed by atoms with E-state index >= 15 is 0 Å². The molecule has 0 heterocycles. The maximum atomic E-state index is 13.8. The van der Waals surface area contributed by atoms with Crippen molar-refractivity contribution in [3.05, 3.63) is 69.1 Å². The Balaban J connectivity index is 1.75. The number of carbonyl (C=O) groups excluding carboxylic acids is 1. The van der Waals surface area contributed by atoms with Crippen molar-refractivity contribution in [2.75, 3.05) is 0 Å². The topological polar surface area (TPSA) is 59.3 Å². The predicted octanol–water partition coefficient (Wildman–Crippen LogP) is 6.77. The van der Waals surface area contributed by atoms with Crippen molar-refractivity contribution in [1.29, 1.82) is 5.26 Å². The highest BCUT2D eigenvalue weighted by molar-refractivity contribution is 9.28. The van der Waals surface area contributed by atoms with Crippen LogP contribution in [0.2, 0.25) is 0 Å². The number of halogens is 4. The molecule has 0 amide bonds. The Morgan fingerprint density at radius 1 is 1.23 bits per heavy atom. The third-order valence-corrected chi connectivity index (χ3v) is 5.63. The van der Waals surface area contributed by atoms with Crippen LogP contribution in [-0.2, 0) is 9.53 Å². The summed E-state index contributed by atoms with van der Waals surface area (Å²) in [5, 5.41) is 9.53. The smallest absolute Gasteiger partial charge is 0.311 e. The van der Waals surface area contributed by atoms with E-state index in [1.807, 2.05) is 26.0 Å². The first kappa shape index (κ1) is 22.4. The minimum Gasteiger partial charge on any atom is -0.454 e. The van der Waals surface area contributed by atoms with Gasteiger partial charge in [0, 0.05) is 11.6 Å². The molecule has 0 saturated heterocycles. The molecule has 3 atom stereocenters. The Hall–Kier alpha value is -2.24. The van der Waals surface area contributed by atoms with Gasteiger partial charge in [0.05, 0.1) is 9.31 Å². The lowest BCUT2D eigenvalue weighted by molar-refractivity contribution is -0.149. The van der Waals surface area contributed by atoms with Crippen LogP contribution < -0.4 is 4.74 Å². The van der Waals surface area contributed by atoms with Gasteiger partial charge in [-0.05, 0) is 67.5 Å². The van der Waals surface area contributed by atoms with E-state index in [4.69, 9.17) is 9.47 Å². The van der Waals surface area contributed by atoms with Crippen molar-refractivity contribution in [1.82, 2.24) is 0 Å². The summed E-state index contributed by atoms with van der Waals surface area (Å²) < 4.78 is 38.5. The maximum Gasteiger partial charge on any atom is 0.311 e. The lowest BCUT2D eigenvalue weighted by atomic mass is 10.1. The molecule has 3 rings (SSSR count). The minimum atomic E-state index is -1.15. The van der Waals surface area contributed by atoms with Gasteiger partial charge < -0.3 is 9.47 Å². The molecular formula is C22H17Br2F2NO3. The van der Waals surface area contributed by atoms with E-state index in [-0.39, 0.29) is 28.7 Å². The van der Waals surface area contributed by atoms with Crippen molar-refractivity contribution in [3.63, 3.8) is 0 Å². The van der Waals surface area contributed by atoms with Crippen molar-refractivity contribution >= 4 is 37.8 Å². The Bertz CT molecular complexity index is 1040. The minimum absolute atomic E-state index is 0.0192. The van der Waals surface area contributed by atoms with Crippen LogP contribution in [0.4, 0.5) is 8.78 Å². The fourth-order valence-corrected chi connectivity index (χ4v) is 3.93. The molecule has 3 unspecified atom stereocenters. The van der Waals surface area contributed by atoms with Crippen LogP contribution in [0.15, 0.2) is 51.9 Å². The lowest BCUT2D eigenvalue weighted by Crippen LogP contribution is -2.14. The number of carbonyl (C=O) groups is 1. The molecule has 0 spiro atoms. The summed E-state index contributed by atoms with van der Waals surface area (Å²) in [7, 11) is 0. The standard InChI is InChI=1S/C22H17Br2F2NO3/c1-22(2)15(10-19(23)24)20(22)21(28)30-18(11-27)12-4-3-5-14(8-12)29-17-7-6-13(25)9-16(17)26/h3-10,15,18,20H,1-2H3. The van der Waals surface area contributed by atoms with Gasteiger partial charge in [0.1, 0.15) is 17.6 Å². The van der Waals surface area contributed by atoms with Gasteiger partial charge in [-0.1, -0.05) is 32.1 Å². The van der Waals surface area contributed by atoms with Gasteiger partial charge in [0.15, 0.2) is 11.6 Å². The molecule has 1 aliphatic carbocycles. The monoisotopic (exact) mass is 539 g/mol. The number of rotatable bonds is 6. The molecule has 30 heavy (non-hydrogen) atoms. The number of hydrogen-bond donors (Lipinski definition) is 0. The molecule has 0 aliphatic heterocycles. The second-order valence-corrected chi connectivity index (χ2v) is 10.2. The molecule has 8 heteroatoms. The van der Waals surface area contributed by atoms with Gasteiger partial charge in [0.2, 0.25) is 6.10 Å². The summed E-state index contributed by atoms with van der Waals surface area (Å²) in [5.41, 5.74) is 0.104. The van der Waals surface area contributed by atoms with Crippen LogP contribution in [0.25, 0.3) is 0 Å². The second kappa shape index (κ2) is 8.86. The molecule has 0 bridgehead atoms. The maximum absolute atomic E-state index is 13.8. The molecule has 4 nitrogen and oxygen atoms in total. The summed E-state index contributed by atoms with van der Waals surface area (Å²) in [5.74, 6) is -2.35. The Morgan fingerprint density at radius 3 is 2.60 bits per heavy atom. The number of nitriles is 1. The molecule has 0 radical (unpaired) electrons. The van der Waals surface area contributed by atoms with E-state index in [1.54, 1.807) is 18.2 Å². The fraction of sp³-hybridized carbons (Fsp3) is 0.273. The zero-order chi connectivity index (χ0) is 22.1. The van der Waals surface area contributed by atoms with Crippen molar-refractivity contribution < 1.29 is 23.0 Å². The molecule has 156 valence electrons. The summed E-state index contributed by atoms with van der Waals surface area (Å²) in [4.78, 5) is 12.7. The number of benzene rings is 2. The van der Waals surface area contributed by atoms with Gasteiger partial charge in [-0.15, -0.1) is 0 Å². The Labute approximate surface area is 189 Å². The highest BCUT2D eigenvalue weighted by Crippen LogP contribution is 2.60. The van der Waals surface area contributed by atoms with Crippen LogP contribution in [0.3, 0.4) is 0 Å². The number of nitrogens with zero attached hydrogens (tertiary/aromatic N) is 1. The van der Waals surface area contributed by atoms with Crippen LogP contribution >= 0.6 is 31.9 Å². The molecule has 1 saturated carbocycles. The lowest BCUT2D eigenvalue weighted by Gasteiger charge is -2.14. The van der Waals surface area contributed by atoms with Crippen LogP contribution in [0, 0.1) is 40.2 Å². The highest BCUT2D eigenvalue weighted by atomic mass is 79.9. The quantitative estimate of drug-likeness (QED) is 0.379. The highest BCUT2D eigenvalue weighted by Gasteiger charge is 2.61. The number of hydrogen-bond acceptors (Lipinski definition) is 4. The largest absolute Gasteiger partial charge is 0.454 e. The van der Waals surface area contributed by atoms with E-state index < -0.39 is 23.7 Å². The van der Waals surface area contributed by atoms with Gasteiger partial charge in [-0.2, -0.15) is 5.26 Å². The average molecular weight is 541 g/mol. The van der Waals surface area contributed by atoms with Crippen molar-refractivity contribution in [2.24, 2.45) is 17.3 Å². The first-order chi connectivity index (χ1) is 14.1. The van der Waals surface area contributed by atoms with Gasteiger partial charge in [-0.25, -0.2) is 8.78 Å². The van der Waals surface area contributed by atoms with E-state index in [1.165, 1.54) is 12.1 Å². The van der Waals surface area contributed by atoms with Gasteiger partial charge in [-0.3, -0.25) is 4.79 Å². The number of allylic oxidation sites excluding steroid dienone is 1. The predicted molar refractivity (Wildman–Crippen MR) is 114 cm³/mol. The molecule has 0 N–H and O–H groups in total. The zero-order valence-electron chi connectivity index (χ0n) is 16.0. The van der Waals surface area contributed by atoms with E-state index in [0.29, 0.717) is 11.6 Å². The van der Waals surface area contributed by atoms with E-state index in [9.17, 15) is 18.8 Å². The van der Waals surface area contributed by atoms with Crippen LogP contribution in [0.1, 0.15) is 25.5 Å². The van der Waals surface area contributed by atoms with Gasteiger partial charge >= 0.3 is 5.97 Å². The first-order valence-electron chi connectivity index (χ1n) is 8.99. The van der Waals surface area contributed by atoms with E-state index in [0.717, 1.165) is 9.46 Å². The van der Waals surface area contributed by atoms with Crippen molar-refractivity contribution in [3.8, 4) is 17.6 Å². The zero-order valence-corrected chi connectivity index (χ0v) is 19.2. The average Bonchev–Trinajstić information content (AvgIpc) is 3.21. The number of ether oxygens (including phenoxy) is 2. The molecule has 1 fully saturated rings. The number of esters is 1. The molecule has 1 aliphatic rings. The normalized spacial score (nSPS) is 19.9. The Kier molecular flexibility index (Phi) is 6.63. The fourth-order valence-electron chi connectivity index (χ4n) is 3.36. The van der Waals surface area contributed by atoms with Crippen LogP contribution in [0.5, 0.6) is 11.5 Å². The summed E-state index contributed by atoms with van der Waals surface area (Å²) in [6, 6.07) is 11.2. The van der Waals surface area contributed by atoms with Gasteiger partial charge in [0.25, 0.3) is 0 Å². The third-order valence-electron chi connectivity index (χ3n) is 5.10. The van der Waals surface area contributed by atoms with Crippen molar-refractivity contribution in [2.45, 2.75) is 20.0 Å². The van der Waals surface area contributed by atoms with Crippen LogP contribution in [-0.4, -0.2) is 5.97 Å². The summed E-state index contributed by atoms with van der Waals surface area (Å²) in [6.45, 7) is 3.91. The third kappa shape index (κ3) is 4.90. The molecule has 0 aromatic heterocycles. The molecular weight excluding hydrogens is 524 g/mol. The summed E-state index contributed by atoms with van der Waals surface area (Å²) >= 11 is 6.60. The van der Waals surface area contributed by atoms with E-state index in [2.05, 4.69) is 31.9 Å². The summed E-state index contributed by atoms with van der Waals surface area (Å²) in [6.07, 6.45) is 0.742.